The Morgan fingerprint density at radius 2 is 1.68 bits per heavy atom. The van der Waals surface area contributed by atoms with Crippen LogP contribution in [-0.2, 0) is 23.0 Å². The predicted molar refractivity (Wildman–Crippen MR) is 88.9 cm³/mol. The van der Waals surface area contributed by atoms with Gasteiger partial charge in [0.25, 0.3) is 0 Å². The van der Waals surface area contributed by atoms with Crippen LogP contribution in [0.5, 0.6) is 0 Å². The summed E-state index contributed by atoms with van der Waals surface area (Å²) in [5.74, 6) is 0. The molecule has 2 aromatic rings. The molecular formula is C16H15Cl2NO2S. The zero-order chi connectivity index (χ0) is 15.9. The molecule has 0 unspecified atom stereocenters. The van der Waals surface area contributed by atoms with Crippen LogP contribution in [0.2, 0.25) is 10.0 Å². The smallest absolute Gasteiger partial charge is 0.207 e. The Hall–Kier alpha value is -1.07. The van der Waals surface area contributed by atoms with Crippen LogP contribution >= 0.6 is 23.2 Å². The quantitative estimate of drug-likeness (QED) is 0.814. The summed E-state index contributed by atoms with van der Waals surface area (Å²) >= 11 is 11.9. The number of fused-ring (bicyclic) bond motifs is 1. The SMILES string of the molecule is Cc1cc(Cl)c(Cl)cc1S(=O)(=O)N1CCc2ccccc2C1. The van der Waals surface area contributed by atoms with E-state index in [1.165, 1.54) is 15.9 Å². The monoisotopic (exact) mass is 355 g/mol. The molecule has 6 heteroatoms. The molecule has 2 aromatic carbocycles. The molecule has 0 N–H and O–H groups in total. The molecule has 3 nitrogen and oxygen atoms in total. The lowest BCUT2D eigenvalue weighted by molar-refractivity contribution is 0.391. The highest BCUT2D eigenvalue weighted by molar-refractivity contribution is 7.89. The van der Waals surface area contributed by atoms with Crippen molar-refractivity contribution in [2.75, 3.05) is 6.54 Å². The van der Waals surface area contributed by atoms with Crippen molar-refractivity contribution in [3.63, 3.8) is 0 Å². The van der Waals surface area contributed by atoms with Crippen LogP contribution in [0, 0.1) is 6.92 Å². The van der Waals surface area contributed by atoms with E-state index in [9.17, 15) is 8.42 Å². The van der Waals surface area contributed by atoms with Gasteiger partial charge in [0, 0.05) is 13.1 Å². The maximum absolute atomic E-state index is 12.9. The minimum atomic E-state index is -3.58. The molecule has 116 valence electrons. The molecule has 0 fully saturated rings. The van der Waals surface area contributed by atoms with Crippen molar-refractivity contribution in [3.8, 4) is 0 Å². The van der Waals surface area contributed by atoms with Crippen molar-refractivity contribution < 1.29 is 8.42 Å². The summed E-state index contributed by atoms with van der Waals surface area (Å²) in [6, 6.07) is 11.0. The van der Waals surface area contributed by atoms with E-state index in [4.69, 9.17) is 23.2 Å². The van der Waals surface area contributed by atoms with Crippen molar-refractivity contribution in [2.45, 2.75) is 24.8 Å². The van der Waals surface area contributed by atoms with Crippen molar-refractivity contribution in [1.82, 2.24) is 4.31 Å². The first-order valence-corrected chi connectivity index (χ1v) is 9.12. The van der Waals surface area contributed by atoms with E-state index in [2.05, 4.69) is 0 Å². The van der Waals surface area contributed by atoms with Crippen LogP contribution in [-0.4, -0.2) is 19.3 Å². The molecule has 22 heavy (non-hydrogen) atoms. The molecule has 0 radical (unpaired) electrons. The molecule has 1 heterocycles. The van der Waals surface area contributed by atoms with E-state index in [0.717, 1.165) is 12.0 Å². The molecule has 0 atom stereocenters. The Balaban J connectivity index is 2.00. The molecular weight excluding hydrogens is 341 g/mol. The largest absolute Gasteiger partial charge is 0.243 e. The van der Waals surface area contributed by atoms with Gasteiger partial charge in [0.05, 0.1) is 14.9 Å². The molecule has 3 rings (SSSR count). The molecule has 0 saturated heterocycles. The van der Waals surface area contributed by atoms with Crippen molar-refractivity contribution >= 4 is 33.2 Å². The van der Waals surface area contributed by atoms with Crippen molar-refractivity contribution in [2.24, 2.45) is 0 Å². The summed E-state index contributed by atoms with van der Waals surface area (Å²) < 4.78 is 27.3. The number of hydrogen-bond acceptors (Lipinski definition) is 2. The van der Waals surface area contributed by atoms with Crippen LogP contribution in [0.4, 0.5) is 0 Å². The minimum Gasteiger partial charge on any atom is -0.207 e. The van der Waals surface area contributed by atoms with E-state index < -0.39 is 10.0 Å². The van der Waals surface area contributed by atoms with Crippen molar-refractivity contribution in [1.29, 1.82) is 0 Å². The number of sulfonamides is 1. The number of benzene rings is 2. The first-order chi connectivity index (χ1) is 10.4. The number of halogens is 2. The number of nitrogens with zero attached hydrogens (tertiary/aromatic N) is 1. The van der Waals surface area contributed by atoms with Gasteiger partial charge >= 0.3 is 0 Å². The summed E-state index contributed by atoms with van der Waals surface area (Å²) in [6.07, 6.45) is 0.718. The summed E-state index contributed by atoms with van der Waals surface area (Å²) in [6.45, 7) is 2.59. The Morgan fingerprint density at radius 1 is 1.05 bits per heavy atom. The fraction of sp³-hybridized carbons (Fsp3) is 0.250. The lowest BCUT2D eigenvalue weighted by Gasteiger charge is -2.28. The van der Waals surface area contributed by atoms with Gasteiger partial charge in [-0.1, -0.05) is 47.5 Å². The lowest BCUT2D eigenvalue weighted by Crippen LogP contribution is -2.36. The van der Waals surface area contributed by atoms with E-state index in [1.54, 1.807) is 13.0 Å². The van der Waals surface area contributed by atoms with Crippen LogP contribution in [0.25, 0.3) is 0 Å². The molecule has 0 saturated carbocycles. The summed E-state index contributed by atoms with van der Waals surface area (Å²) in [5.41, 5.74) is 2.86. The number of aryl methyl sites for hydroxylation is 1. The Labute approximate surface area is 140 Å². The summed E-state index contributed by atoms with van der Waals surface area (Å²) in [4.78, 5) is 0.223. The second-order valence-electron chi connectivity index (χ2n) is 5.39. The normalized spacial score (nSPS) is 15.6. The maximum atomic E-state index is 12.9. The molecule has 0 aromatic heterocycles. The molecule has 0 amide bonds. The predicted octanol–water partition coefficient (Wildman–Crippen LogP) is 4.05. The van der Waals surface area contributed by atoms with E-state index >= 15 is 0 Å². The zero-order valence-electron chi connectivity index (χ0n) is 12.0. The topological polar surface area (TPSA) is 37.4 Å². The lowest BCUT2D eigenvalue weighted by atomic mass is 10.0. The van der Waals surface area contributed by atoms with Gasteiger partial charge in [-0.05, 0) is 42.2 Å². The molecule has 1 aliphatic heterocycles. The van der Waals surface area contributed by atoms with Gasteiger partial charge in [0.2, 0.25) is 10.0 Å². The molecule has 1 aliphatic rings. The number of rotatable bonds is 2. The van der Waals surface area contributed by atoms with Gasteiger partial charge in [0.1, 0.15) is 0 Å². The van der Waals surface area contributed by atoms with E-state index in [1.807, 2.05) is 24.3 Å². The third kappa shape index (κ3) is 2.76. The average molecular weight is 356 g/mol. The van der Waals surface area contributed by atoms with Gasteiger partial charge < -0.3 is 0 Å². The van der Waals surface area contributed by atoms with Crippen LogP contribution in [0.15, 0.2) is 41.3 Å². The summed E-state index contributed by atoms with van der Waals surface area (Å²) in [5, 5.41) is 0.616. The second-order valence-corrected chi connectivity index (χ2v) is 8.11. The molecule has 0 bridgehead atoms. The highest BCUT2D eigenvalue weighted by Gasteiger charge is 2.29. The minimum absolute atomic E-state index is 0.223. The first kappa shape index (κ1) is 15.8. The highest BCUT2D eigenvalue weighted by Crippen LogP contribution is 2.31. The third-order valence-corrected chi connectivity index (χ3v) is 6.64. The highest BCUT2D eigenvalue weighted by atomic mass is 35.5. The Kier molecular flexibility index (Phi) is 4.21. The van der Waals surface area contributed by atoms with E-state index in [0.29, 0.717) is 23.7 Å². The third-order valence-electron chi connectivity index (χ3n) is 3.93. The maximum Gasteiger partial charge on any atom is 0.243 e. The van der Waals surface area contributed by atoms with Gasteiger partial charge in [-0.2, -0.15) is 4.31 Å². The molecule has 0 spiro atoms. The standard InChI is InChI=1S/C16H15Cl2NO2S/c1-11-8-14(17)15(18)9-16(11)22(20,21)19-7-6-12-4-2-3-5-13(12)10-19/h2-5,8-9H,6-7,10H2,1H3. The van der Waals surface area contributed by atoms with Gasteiger partial charge in [-0.15, -0.1) is 0 Å². The van der Waals surface area contributed by atoms with Crippen LogP contribution in [0.1, 0.15) is 16.7 Å². The van der Waals surface area contributed by atoms with Gasteiger partial charge in [0.15, 0.2) is 0 Å². The van der Waals surface area contributed by atoms with Crippen LogP contribution in [0.3, 0.4) is 0 Å². The van der Waals surface area contributed by atoms with Gasteiger partial charge in [-0.25, -0.2) is 8.42 Å². The summed E-state index contributed by atoms with van der Waals surface area (Å²) in [7, 11) is -3.58. The Bertz CT molecular complexity index is 834. The molecule has 0 aliphatic carbocycles. The zero-order valence-corrected chi connectivity index (χ0v) is 14.3. The number of hydrogen-bond donors (Lipinski definition) is 0. The van der Waals surface area contributed by atoms with Crippen LogP contribution < -0.4 is 0 Å². The fourth-order valence-electron chi connectivity index (χ4n) is 2.72. The van der Waals surface area contributed by atoms with E-state index in [-0.39, 0.29) is 9.92 Å². The average Bonchev–Trinajstić information content (AvgIpc) is 2.50. The van der Waals surface area contributed by atoms with Crippen molar-refractivity contribution in [3.05, 3.63) is 63.1 Å². The Morgan fingerprint density at radius 3 is 2.41 bits per heavy atom. The first-order valence-electron chi connectivity index (χ1n) is 6.92. The van der Waals surface area contributed by atoms with Gasteiger partial charge in [-0.3, -0.25) is 0 Å². The second kappa shape index (κ2) is 5.85. The fourth-order valence-corrected chi connectivity index (χ4v) is 4.82.